The molecule has 1 heterocycles. The van der Waals surface area contributed by atoms with E-state index in [-0.39, 0.29) is 5.91 Å². The van der Waals surface area contributed by atoms with Crippen molar-refractivity contribution in [1.82, 2.24) is 10.3 Å². The number of carbonyl (C=O) groups is 1. The summed E-state index contributed by atoms with van der Waals surface area (Å²) in [5.74, 6) is 1.24. The number of thiazole rings is 1. The Bertz CT molecular complexity index is 568. The van der Waals surface area contributed by atoms with Gasteiger partial charge in [-0.05, 0) is 24.3 Å². The Morgan fingerprint density at radius 1 is 1.35 bits per heavy atom. The molecule has 0 saturated heterocycles. The van der Waals surface area contributed by atoms with Crippen molar-refractivity contribution in [3.05, 3.63) is 35.3 Å². The van der Waals surface area contributed by atoms with Crippen molar-refractivity contribution < 1.29 is 14.3 Å². The van der Waals surface area contributed by atoms with E-state index in [1.807, 2.05) is 24.3 Å². The summed E-state index contributed by atoms with van der Waals surface area (Å²) < 4.78 is 10.5. The van der Waals surface area contributed by atoms with Crippen LogP contribution in [0.1, 0.15) is 10.5 Å². The van der Waals surface area contributed by atoms with Gasteiger partial charge >= 0.3 is 0 Å². The number of carbonyl (C=O) groups excluding carboxylic acids is 1. The number of methoxy groups -OCH3 is 1. The highest BCUT2D eigenvalue weighted by Crippen LogP contribution is 2.16. The summed E-state index contributed by atoms with van der Waals surface area (Å²) in [6.45, 7) is 0.764. The molecular formula is C13H15N3O3S. The molecule has 0 spiro atoms. The molecule has 7 heteroatoms. The molecule has 3 N–H and O–H groups in total. The summed E-state index contributed by atoms with van der Waals surface area (Å²) in [6.07, 6.45) is 0. The fourth-order valence-electron chi connectivity index (χ4n) is 1.49. The van der Waals surface area contributed by atoms with Gasteiger partial charge < -0.3 is 20.5 Å². The van der Waals surface area contributed by atoms with E-state index in [0.717, 1.165) is 11.5 Å². The predicted molar refractivity (Wildman–Crippen MR) is 77.3 cm³/mol. The summed E-state index contributed by atoms with van der Waals surface area (Å²) >= 11 is 1.23. The van der Waals surface area contributed by atoms with Crippen LogP contribution in [0.3, 0.4) is 0 Å². The first-order valence-electron chi connectivity index (χ1n) is 5.95. The molecular weight excluding hydrogens is 278 g/mol. The Hall–Kier alpha value is -2.28. The molecule has 20 heavy (non-hydrogen) atoms. The van der Waals surface area contributed by atoms with Gasteiger partial charge in [-0.3, -0.25) is 4.79 Å². The Morgan fingerprint density at radius 3 is 2.65 bits per heavy atom. The summed E-state index contributed by atoms with van der Waals surface area (Å²) in [7, 11) is 1.61. The van der Waals surface area contributed by atoms with E-state index in [2.05, 4.69) is 10.3 Å². The molecule has 0 saturated carbocycles. The van der Waals surface area contributed by atoms with E-state index in [0.29, 0.717) is 24.0 Å². The molecule has 0 aliphatic rings. The molecule has 106 valence electrons. The van der Waals surface area contributed by atoms with Gasteiger partial charge in [0.2, 0.25) is 0 Å². The van der Waals surface area contributed by atoms with Crippen molar-refractivity contribution in [1.29, 1.82) is 0 Å². The third-order valence-electron chi connectivity index (χ3n) is 2.47. The molecule has 2 aromatic rings. The SMILES string of the molecule is COc1ccc(OCCNC(=O)c2csc(N)n2)cc1. The quantitative estimate of drug-likeness (QED) is 0.789. The Balaban J connectivity index is 1.72. The van der Waals surface area contributed by atoms with E-state index in [4.69, 9.17) is 15.2 Å². The number of anilines is 1. The van der Waals surface area contributed by atoms with Crippen LogP contribution in [-0.4, -0.2) is 31.2 Å². The number of hydrogen-bond donors (Lipinski definition) is 2. The monoisotopic (exact) mass is 293 g/mol. The normalized spacial score (nSPS) is 10.1. The number of nitrogens with zero attached hydrogens (tertiary/aromatic N) is 1. The second kappa shape index (κ2) is 6.76. The van der Waals surface area contributed by atoms with Crippen LogP contribution >= 0.6 is 11.3 Å². The Labute approximate surface area is 120 Å². The topological polar surface area (TPSA) is 86.5 Å². The van der Waals surface area contributed by atoms with E-state index in [9.17, 15) is 4.79 Å². The van der Waals surface area contributed by atoms with Crippen LogP contribution in [-0.2, 0) is 0 Å². The van der Waals surface area contributed by atoms with Gasteiger partial charge in [0.15, 0.2) is 5.13 Å². The molecule has 0 atom stereocenters. The second-order valence-corrected chi connectivity index (χ2v) is 4.74. The van der Waals surface area contributed by atoms with E-state index < -0.39 is 0 Å². The van der Waals surface area contributed by atoms with Gasteiger partial charge in [0.1, 0.15) is 23.8 Å². The molecule has 1 aromatic carbocycles. The van der Waals surface area contributed by atoms with Gasteiger partial charge in [0.05, 0.1) is 13.7 Å². The van der Waals surface area contributed by atoms with Gasteiger partial charge in [-0.2, -0.15) is 0 Å². The first-order valence-corrected chi connectivity index (χ1v) is 6.83. The summed E-state index contributed by atoms with van der Waals surface area (Å²) in [6, 6.07) is 7.24. The van der Waals surface area contributed by atoms with Crippen LogP contribution in [0, 0.1) is 0 Å². The zero-order valence-corrected chi connectivity index (χ0v) is 11.8. The van der Waals surface area contributed by atoms with Crippen molar-refractivity contribution in [2.45, 2.75) is 0 Å². The van der Waals surface area contributed by atoms with E-state index in [1.165, 1.54) is 11.3 Å². The number of aromatic nitrogens is 1. The van der Waals surface area contributed by atoms with Crippen LogP contribution in [0.25, 0.3) is 0 Å². The maximum atomic E-state index is 11.7. The van der Waals surface area contributed by atoms with Gasteiger partial charge in [0.25, 0.3) is 5.91 Å². The summed E-state index contributed by atoms with van der Waals surface area (Å²) in [4.78, 5) is 15.6. The minimum Gasteiger partial charge on any atom is -0.497 e. The first kappa shape index (κ1) is 14.1. The highest BCUT2D eigenvalue weighted by molar-refractivity contribution is 7.13. The lowest BCUT2D eigenvalue weighted by molar-refractivity contribution is 0.0943. The standard InChI is InChI=1S/C13H15N3O3S/c1-18-9-2-4-10(5-3-9)19-7-6-15-12(17)11-8-20-13(14)16-11/h2-5,8H,6-7H2,1H3,(H2,14,16)(H,15,17). The highest BCUT2D eigenvalue weighted by Gasteiger charge is 2.08. The van der Waals surface area contributed by atoms with Gasteiger partial charge in [0, 0.05) is 5.38 Å². The second-order valence-electron chi connectivity index (χ2n) is 3.85. The fourth-order valence-corrected chi connectivity index (χ4v) is 2.03. The molecule has 2 rings (SSSR count). The van der Waals surface area contributed by atoms with E-state index in [1.54, 1.807) is 12.5 Å². The lowest BCUT2D eigenvalue weighted by atomic mass is 10.3. The highest BCUT2D eigenvalue weighted by atomic mass is 32.1. The maximum absolute atomic E-state index is 11.7. The fraction of sp³-hybridized carbons (Fsp3) is 0.231. The van der Waals surface area contributed by atoms with Crippen LogP contribution in [0.2, 0.25) is 0 Å². The summed E-state index contributed by atoms with van der Waals surface area (Å²) in [5, 5.41) is 4.70. The van der Waals surface area contributed by atoms with Gasteiger partial charge in [-0.1, -0.05) is 0 Å². The lowest BCUT2D eigenvalue weighted by Gasteiger charge is -2.07. The third kappa shape index (κ3) is 3.86. The minimum absolute atomic E-state index is 0.253. The zero-order chi connectivity index (χ0) is 14.4. The van der Waals surface area contributed by atoms with Crippen molar-refractivity contribution in [3.8, 4) is 11.5 Å². The van der Waals surface area contributed by atoms with Gasteiger partial charge in [-0.25, -0.2) is 4.98 Å². The maximum Gasteiger partial charge on any atom is 0.270 e. The smallest absolute Gasteiger partial charge is 0.270 e. The van der Waals surface area contributed by atoms with Crippen LogP contribution < -0.4 is 20.5 Å². The number of ether oxygens (including phenoxy) is 2. The van der Waals surface area contributed by atoms with Crippen molar-refractivity contribution >= 4 is 22.4 Å². The molecule has 0 unspecified atom stereocenters. The molecule has 0 aliphatic carbocycles. The molecule has 6 nitrogen and oxygen atoms in total. The van der Waals surface area contributed by atoms with Crippen molar-refractivity contribution in [3.63, 3.8) is 0 Å². The minimum atomic E-state index is -0.253. The zero-order valence-electron chi connectivity index (χ0n) is 11.0. The molecule has 1 amide bonds. The number of nitrogens with two attached hydrogens (primary N) is 1. The lowest BCUT2D eigenvalue weighted by Crippen LogP contribution is -2.28. The average molecular weight is 293 g/mol. The number of benzene rings is 1. The number of hydrogen-bond acceptors (Lipinski definition) is 6. The third-order valence-corrected chi connectivity index (χ3v) is 3.14. The number of amides is 1. The van der Waals surface area contributed by atoms with E-state index >= 15 is 0 Å². The van der Waals surface area contributed by atoms with Crippen LogP contribution in [0.4, 0.5) is 5.13 Å². The van der Waals surface area contributed by atoms with Crippen molar-refractivity contribution in [2.75, 3.05) is 26.0 Å². The number of nitrogen functional groups attached to an aromatic ring is 1. The Morgan fingerprint density at radius 2 is 2.05 bits per heavy atom. The number of rotatable bonds is 6. The van der Waals surface area contributed by atoms with Gasteiger partial charge in [-0.15, -0.1) is 11.3 Å². The average Bonchev–Trinajstić information content (AvgIpc) is 2.91. The molecule has 0 aliphatic heterocycles. The molecule has 1 aromatic heterocycles. The Kier molecular flexibility index (Phi) is 4.78. The van der Waals surface area contributed by atoms with Crippen molar-refractivity contribution in [2.24, 2.45) is 0 Å². The molecule has 0 radical (unpaired) electrons. The number of nitrogens with one attached hydrogen (secondary N) is 1. The molecule has 0 fully saturated rings. The molecule has 0 bridgehead atoms. The van der Waals surface area contributed by atoms with Crippen LogP contribution in [0.15, 0.2) is 29.6 Å². The van der Waals surface area contributed by atoms with Crippen LogP contribution in [0.5, 0.6) is 11.5 Å². The first-order chi connectivity index (χ1) is 9.69. The summed E-state index contributed by atoms with van der Waals surface area (Å²) in [5.41, 5.74) is 5.79. The largest absolute Gasteiger partial charge is 0.497 e. The predicted octanol–water partition coefficient (Wildman–Crippen LogP) is 1.54.